The van der Waals surface area contributed by atoms with E-state index in [2.05, 4.69) is 15.3 Å². The van der Waals surface area contributed by atoms with E-state index in [1.165, 1.54) is 0 Å². The van der Waals surface area contributed by atoms with Crippen LogP contribution >= 0.6 is 23.2 Å². The molecule has 1 aromatic heterocycles. The highest BCUT2D eigenvalue weighted by atomic mass is 35.5. The number of hydrogen-bond donors (Lipinski definition) is 1. The predicted molar refractivity (Wildman–Crippen MR) is 46.2 cm³/mol. The van der Waals surface area contributed by atoms with Crippen LogP contribution in [-0.4, -0.2) is 22.4 Å². The van der Waals surface area contributed by atoms with Gasteiger partial charge in [0, 0.05) is 12.4 Å². The Labute approximate surface area is 78.9 Å². The van der Waals surface area contributed by atoms with E-state index in [1.54, 1.807) is 0 Å². The van der Waals surface area contributed by atoms with Crippen LogP contribution in [0.1, 0.15) is 0 Å². The van der Waals surface area contributed by atoms with Crippen molar-refractivity contribution in [2.45, 2.75) is 0 Å². The van der Waals surface area contributed by atoms with Crippen molar-refractivity contribution in [2.75, 3.05) is 17.7 Å². The first-order chi connectivity index (χ1) is 5.74. The SMILES string of the molecule is Fc1cnc(Cl)nc1NCCCl. The third-order valence-corrected chi connectivity index (χ3v) is 1.47. The molecule has 3 nitrogen and oxygen atoms in total. The first-order valence-corrected chi connectivity index (χ1v) is 4.13. The molecule has 0 fully saturated rings. The Bertz CT molecular complexity index is 269. The molecule has 1 rings (SSSR count). The van der Waals surface area contributed by atoms with Crippen LogP contribution in [-0.2, 0) is 0 Å². The average Bonchev–Trinajstić information content (AvgIpc) is 2.07. The third kappa shape index (κ3) is 2.46. The molecule has 0 spiro atoms. The normalized spacial score (nSPS) is 9.92. The van der Waals surface area contributed by atoms with Gasteiger partial charge in [0.05, 0.1) is 6.20 Å². The lowest BCUT2D eigenvalue weighted by Crippen LogP contribution is -2.06. The number of alkyl halides is 1. The van der Waals surface area contributed by atoms with Crippen molar-refractivity contribution in [3.8, 4) is 0 Å². The zero-order valence-corrected chi connectivity index (χ0v) is 7.53. The summed E-state index contributed by atoms with van der Waals surface area (Å²) in [4.78, 5) is 7.07. The van der Waals surface area contributed by atoms with E-state index in [1.807, 2.05) is 0 Å². The highest BCUT2D eigenvalue weighted by molar-refractivity contribution is 6.28. The maximum Gasteiger partial charge on any atom is 0.224 e. The Morgan fingerprint density at radius 1 is 1.58 bits per heavy atom. The summed E-state index contributed by atoms with van der Waals surface area (Å²) in [5.74, 6) is -0.0821. The number of nitrogens with zero attached hydrogens (tertiary/aromatic N) is 2. The fraction of sp³-hybridized carbons (Fsp3) is 0.333. The lowest BCUT2D eigenvalue weighted by molar-refractivity contribution is 0.617. The summed E-state index contributed by atoms with van der Waals surface area (Å²) in [5, 5.41) is 2.67. The molecule has 6 heteroatoms. The van der Waals surface area contributed by atoms with E-state index in [-0.39, 0.29) is 11.1 Å². The van der Waals surface area contributed by atoms with Gasteiger partial charge in [-0.25, -0.2) is 9.37 Å². The van der Waals surface area contributed by atoms with Crippen molar-refractivity contribution < 1.29 is 4.39 Å². The molecule has 0 amide bonds. The number of hydrogen-bond acceptors (Lipinski definition) is 3. The smallest absolute Gasteiger partial charge is 0.224 e. The van der Waals surface area contributed by atoms with Crippen molar-refractivity contribution in [2.24, 2.45) is 0 Å². The zero-order valence-electron chi connectivity index (χ0n) is 6.02. The van der Waals surface area contributed by atoms with Crippen molar-refractivity contribution in [1.29, 1.82) is 0 Å². The molecule has 0 aliphatic rings. The molecule has 0 bridgehead atoms. The van der Waals surface area contributed by atoms with E-state index in [4.69, 9.17) is 23.2 Å². The molecule has 0 atom stereocenters. The quantitative estimate of drug-likeness (QED) is 0.611. The summed E-state index contributed by atoms with van der Waals surface area (Å²) < 4.78 is 12.8. The summed E-state index contributed by atoms with van der Waals surface area (Å²) in [6.45, 7) is 0.436. The molecule has 1 heterocycles. The summed E-state index contributed by atoms with van der Waals surface area (Å²) >= 11 is 10.8. The van der Waals surface area contributed by atoms with Gasteiger partial charge in [-0.1, -0.05) is 0 Å². The van der Waals surface area contributed by atoms with E-state index >= 15 is 0 Å². The standard InChI is InChI=1S/C6H6Cl2FN3/c7-1-2-10-5-4(9)3-11-6(8)12-5/h3H,1-2H2,(H,10,11,12). The molecule has 1 N–H and O–H groups in total. The number of aromatic nitrogens is 2. The van der Waals surface area contributed by atoms with Crippen LogP contribution in [0.15, 0.2) is 6.20 Å². The van der Waals surface area contributed by atoms with Gasteiger partial charge in [0.15, 0.2) is 11.6 Å². The van der Waals surface area contributed by atoms with Crippen molar-refractivity contribution in [1.82, 2.24) is 9.97 Å². The highest BCUT2D eigenvalue weighted by Gasteiger charge is 2.03. The third-order valence-electron chi connectivity index (χ3n) is 1.10. The molecule has 0 unspecified atom stereocenters. The predicted octanol–water partition coefficient (Wildman–Crippen LogP) is 1.92. The molecule has 66 valence electrons. The zero-order chi connectivity index (χ0) is 8.97. The summed E-state index contributed by atoms with van der Waals surface area (Å²) in [6.07, 6.45) is 1.01. The minimum Gasteiger partial charge on any atom is -0.366 e. The molecular weight excluding hydrogens is 204 g/mol. The molecule has 0 saturated carbocycles. The second-order valence-electron chi connectivity index (χ2n) is 1.95. The van der Waals surface area contributed by atoms with Crippen LogP contribution in [0.25, 0.3) is 0 Å². The number of rotatable bonds is 3. The van der Waals surface area contributed by atoms with Crippen LogP contribution in [0, 0.1) is 5.82 Å². The van der Waals surface area contributed by atoms with E-state index < -0.39 is 5.82 Å². The molecule has 0 radical (unpaired) electrons. The lowest BCUT2D eigenvalue weighted by atomic mass is 10.5. The second-order valence-corrected chi connectivity index (χ2v) is 2.67. The first-order valence-electron chi connectivity index (χ1n) is 3.22. The molecule has 0 aliphatic carbocycles. The fourth-order valence-corrected chi connectivity index (χ4v) is 0.863. The topological polar surface area (TPSA) is 37.8 Å². The molecule has 0 saturated heterocycles. The Morgan fingerprint density at radius 3 is 3.00 bits per heavy atom. The van der Waals surface area contributed by atoms with Crippen LogP contribution in [0.5, 0.6) is 0 Å². The van der Waals surface area contributed by atoms with Crippen molar-refractivity contribution in [3.05, 3.63) is 17.3 Å². The van der Waals surface area contributed by atoms with Gasteiger partial charge in [0.2, 0.25) is 5.28 Å². The van der Waals surface area contributed by atoms with Gasteiger partial charge in [-0.15, -0.1) is 11.6 Å². The summed E-state index contributed by atoms with van der Waals surface area (Å²) in [5.41, 5.74) is 0. The van der Waals surface area contributed by atoms with Gasteiger partial charge in [0.25, 0.3) is 0 Å². The van der Waals surface area contributed by atoms with E-state index in [9.17, 15) is 4.39 Å². The molecule has 12 heavy (non-hydrogen) atoms. The molecular formula is C6H6Cl2FN3. The van der Waals surface area contributed by atoms with Gasteiger partial charge in [-0.05, 0) is 11.6 Å². The Morgan fingerprint density at radius 2 is 2.33 bits per heavy atom. The molecule has 1 aromatic rings. The largest absolute Gasteiger partial charge is 0.366 e. The number of anilines is 1. The van der Waals surface area contributed by atoms with Crippen molar-refractivity contribution >= 4 is 29.0 Å². The van der Waals surface area contributed by atoms with E-state index in [0.29, 0.717) is 12.4 Å². The van der Waals surface area contributed by atoms with Gasteiger partial charge in [-0.3, -0.25) is 0 Å². The Hall–Kier alpha value is -0.610. The monoisotopic (exact) mass is 209 g/mol. The maximum atomic E-state index is 12.8. The van der Waals surface area contributed by atoms with Gasteiger partial charge >= 0.3 is 0 Å². The van der Waals surface area contributed by atoms with Crippen LogP contribution in [0.2, 0.25) is 5.28 Å². The second kappa shape index (κ2) is 4.42. The highest BCUT2D eigenvalue weighted by Crippen LogP contribution is 2.11. The van der Waals surface area contributed by atoms with Crippen LogP contribution in [0.4, 0.5) is 10.2 Å². The number of halogens is 3. The minimum atomic E-state index is -0.537. The molecule has 0 aromatic carbocycles. The van der Waals surface area contributed by atoms with Crippen LogP contribution < -0.4 is 5.32 Å². The average molecular weight is 210 g/mol. The Kier molecular flexibility index (Phi) is 3.49. The summed E-state index contributed by atoms with van der Waals surface area (Å²) in [7, 11) is 0. The van der Waals surface area contributed by atoms with Crippen molar-refractivity contribution in [3.63, 3.8) is 0 Å². The van der Waals surface area contributed by atoms with Gasteiger partial charge in [-0.2, -0.15) is 4.98 Å². The Balaban J connectivity index is 2.75. The number of nitrogens with one attached hydrogen (secondary N) is 1. The van der Waals surface area contributed by atoms with Gasteiger partial charge in [0.1, 0.15) is 0 Å². The summed E-state index contributed by atoms with van der Waals surface area (Å²) in [6, 6.07) is 0. The first kappa shape index (κ1) is 9.48. The van der Waals surface area contributed by atoms with Crippen LogP contribution in [0.3, 0.4) is 0 Å². The molecule has 0 aliphatic heterocycles. The fourth-order valence-electron chi connectivity index (χ4n) is 0.635. The van der Waals surface area contributed by atoms with Gasteiger partial charge < -0.3 is 5.32 Å². The minimum absolute atomic E-state index is 0.00784. The lowest BCUT2D eigenvalue weighted by Gasteiger charge is -2.02. The maximum absolute atomic E-state index is 12.8. The van der Waals surface area contributed by atoms with E-state index in [0.717, 1.165) is 6.20 Å².